The van der Waals surface area contributed by atoms with Crippen molar-refractivity contribution in [3.05, 3.63) is 35.4 Å². The summed E-state index contributed by atoms with van der Waals surface area (Å²) < 4.78 is 5.91. The molecule has 2 nitrogen and oxygen atoms in total. The molecule has 1 aliphatic carbocycles. The Bertz CT molecular complexity index is 386. The second kappa shape index (κ2) is 4.79. The fraction of sp³-hybridized carbons (Fsp3) is 0.600. The third-order valence-electron chi connectivity index (χ3n) is 4.02. The molecule has 1 saturated carbocycles. The first kappa shape index (κ1) is 11.2. The highest BCUT2D eigenvalue weighted by atomic mass is 16.5. The molecule has 3 rings (SSSR count). The number of hydrogen-bond acceptors (Lipinski definition) is 2. The quantitative estimate of drug-likeness (QED) is 0.863. The molecular weight excluding hydrogens is 210 g/mol. The summed E-state index contributed by atoms with van der Waals surface area (Å²) in [4.78, 5) is 0. The lowest BCUT2D eigenvalue weighted by atomic mass is 9.95. The Hall–Kier alpha value is -0.860. The molecule has 2 aliphatic rings. The smallest absolute Gasteiger partial charge is 0.0839 e. The van der Waals surface area contributed by atoms with Gasteiger partial charge >= 0.3 is 0 Å². The van der Waals surface area contributed by atoms with E-state index in [1.54, 1.807) is 0 Å². The van der Waals surface area contributed by atoms with Crippen LogP contribution < -0.4 is 5.32 Å². The van der Waals surface area contributed by atoms with Gasteiger partial charge in [0.1, 0.15) is 0 Å². The highest BCUT2D eigenvalue weighted by Gasteiger charge is 2.26. The molecule has 0 spiro atoms. The average Bonchev–Trinajstić information content (AvgIpc) is 3.23. The van der Waals surface area contributed by atoms with Crippen LogP contribution in [0.1, 0.15) is 48.8 Å². The van der Waals surface area contributed by atoms with E-state index in [0.29, 0.717) is 12.1 Å². The number of benzene rings is 1. The first-order valence-electron chi connectivity index (χ1n) is 6.75. The van der Waals surface area contributed by atoms with Crippen LogP contribution in [0.4, 0.5) is 0 Å². The van der Waals surface area contributed by atoms with Crippen LogP contribution >= 0.6 is 0 Å². The van der Waals surface area contributed by atoms with Gasteiger partial charge in [-0.15, -0.1) is 0 Å². The lowest BCUT2D eigenvalue weighted by Crippen LogP contribution is -2.33. The van der Waals surface area contributed by atoms with Crippen molar-refractivity contribution in [2.45, 2.75) is 43.7 Å². The van der Waals surface area contributed by atoms with Crippen LogP contribution in [0.15, 0.2) is 24.3 Å². The van der Waals surface area contributed by atoms with Gasteiger partial charge in [-0.25, -0.2) is 0 Å². The first-order valence-corrected chi connectivity index (χ1v) is 6.75. The maximum absolute atomic E-state index is 5.91. The molecule has 1 aromatic carbocycles. The molecule has 1 aromatic rings. The molecule has 2 heteroatoms. The number of rotatable bonds is 3. The van der Waals surface area contributed by atoms with Crippen LogP contribution in [0.25, 0.3) is 0 Å². The molecule has 92 valence electrons. The van der Waals surface area contributed by atoms with Crippen LogP contribution in [0.3, 0.4) is 0 Å². The van der Waals surface area contributed by atoms with Crippen molar-refractivity contribution in [2.24, 2.45) is 0 Å². The summed E-state index contributed by atoms with van der Waals surface area (Å²) in [5.74, 6) is 0.832. The Balaban J connectivity index is 1.75. The summed E-state index contributed by atoms with van der Waals surface area (Å²) in [5.41, 5.74) is 2.88. The molecule has 2 fully saturated rings. The zero-order valence-corrected chi connectivity index (χ0v) is 10.5. The van der Waals surface area contributed by atoms with E-state index in [2.05, 4.69) is 29.6 Å². The predicted octanol–water partition coefficient (Wildman–Crippen LogP) is 3.00. The monoisotopic (exact) mass is 231 g/mol. The third kappa shape index (κ3) is 2.53. The van der Waals surface area contributed by atoms with E-state index in [1.807, 2.05) is 7.05 Å². The molecule has 17 heavy (non-hydrogen) atoms. The van der Waals surface area contributed by atoms with Crippen LogP contribution in [0.2, 0.25) is 0 Å². The molecule has 1 N–H and O–H groups in total. The molecule has 0 amide bonds. The lowest BCUT2D eigenvalue weighted by Gasteiger charge is -2.29. The summed E-state index contributed by atoms with van der Waals surface area (Å²) in [5, 5.41) is 3.37. The van der Waals surface area contributed by atoms with Crippen molar-refractivity contribution in [3.8, 4) is 0 Å². The lowest BCUT2D eigenvalue weighted by molar-refractivity contribution is 0.00151. The second-order valence-electron chi connectivity index (χ2n) is 5.31. The summed E-state index contributed by atoms with van der Waals surface area (Å²) >= 11 is 0. The van der Waals surface area contributed by atoms with Gasteiger partial charge in [-0.1, -0.05) is 24.3 Å². The van der Waals surface area contributed by atoms with E-state index in [0.717, 1.165) is 25.4 Å². The van der Waals surface area contributed by atoms with E-state index < -0.39 is 0 Å². The molecule has 2 unspecified atom stereocenters. The van der Waals surface area contributed by atoms with Gasteiger partial charge < -0.3 is 10.1 Å². The van der Waals surface area contributed by atoms with Crippen molar-refractivity contribution < 1.29 is 4.74 Å². The van der Waals surface area contributed by atoms with E-state index in [4.69, 9.17) is 4.74 Å². The number of nitrogens with one attached hydrogen (secondary N) is 1. The van der Waals surface area contributed by atoms with Crippen molar-refractivity contribution >= 4 is 0 Å². The largest absolute Gasteiger partial charge is 0.373 e. The van der Waals surface area contributed by atoms with Crippen molar-refractivity contribution in [1.82, 2.24) is 5.32 Å². The molecule has 0 radical (unpaired) electrons. The summed E-state index contributed by atoms with van der Waals surface area (Å²) in [6, 6.07) is 9.64. The fourth-order valence-electron chi connectivity index (χ4n) is 2.72. The van der Waals surface area contributed by atoms with Gasteiger partial charge in [0.15, 0.2) is 0 Å². The summed E-state index contributed by atoms with van der Waals surface area (Å²) in [7, 11) is 2.05. The standard InChI is InChI=1S/C15H21NO/c1-16-14-7-8-17-15(10-14)13-4-2-3-12(9-13)11-5-6-11/h2-4,9,11,14-16H,5-8,10H2,1H3. The fourth-order valence-corrected chi connectivity index (χ4v) is 2.72. The van der Waals surface area contributed by atoms with E-state index >= 15 is 0 Å². The molecule has 0 bridgehead atoms. The Labute approximate surface area is 103 Å². The van der Waals surface area contributed by atoms with E-state index in [1.165, 1.54) is 24.0 Å². The van der Waals surface area contributed by atoms with Crippen molar-refractivity contribution in [1.29, 1.82) is 0 Å². The van der Waals surface area contributed by atoms with Gasteiger partial charge in [0, 0.05) is 12.6 Å². The minimum Gasteiger partial charge on any atom is -0.373 e. The normalized spacial score (nSPS) is 29.2. The molecule has 1 aliphatic heterocycles. The molecule has 2 atom stereocenters. The van der Waals surface area contributed by atoms with E-state index in [-0.39, 0.29) is 0 Å². The van der Waals surface area contributed by atoms with Gasteiger partial charge in [0.25, 0.3) is 0 Å². The van der Waals surface area contributed by atoms with Gasteiger partial charge in [0.05, 0.1) is 6.10 Å². The maximum atomic E-state index is 5.91. The Kier molecular flexibility index (Phi) is 3.17. The third-order valence-corrected chi connectivity index (χ3v) is 4.02. The second-order valence-corrected chi connectivity index (χ2v) is 5.31. The van der Waals surface area contributed by atoms with Crippen molar-refractivity contribution in [2.75, 3.05) is 13.7 Å². The van der Waals surface area contributed by atoms with Gasteiger partial charge in [-0.05, 0) is 49.8 Å². The van der Waals surface area contributed by atoms with Crippen LogP contribution in [-0.4, -0.2) is 19.7 Å². The van der Waals surface area contributed by atoms with Crippen molar-refractivity contribution in [3.63, 3.8) is 0 Å². The maximum Gasteiger partial charge on any atom is 0.0839 e. The Morgan fingerprint density at radius 1 is 1.18 bits per heavy atom. The van der Waals surface area contributed by atoms with Crippen LogP contribution in [0.5, 0.6) is 0 Å². The summed E-state index contributed by atoms with van der Waals surface area (Å²) in [6.45, 7) is 0.879. The SMILES string of the molecule is CNC1CCOC(c2cccc(C3CC3)c2)C1. The average molecular weight is 231 g/mol. The van der Waals surface area contributed by atoms with Crippen LogP contribution in [0, 0.1) is 0 Å². The zero-order chi connectivity index (χ0) is 11.7. The minimum absolute atomic E-state index is 0.292. The molecule has 1 saturated heterocycles. The highest BCUT2D eigenvalue weighted by Crippen LogP contribution is 2.41. The summed E-state index contributed by atoms with van der Waals surface area (Å²) in [6.07, 6.45) is 5.27. The molecule has 0 aromatic heterocycles. The zero-order valence-electron chi connectivity index (χ0n) is 10.5. The molecular formula is C15H21NO. The highest BCUT2D eigenvalue weighted by molar-refractivity contribution is 5.30. The number of hydrogen-bond donors (Lipinski definition) is 1. The molecule has 1 heterocycles. The predicted molar refractivity (Wildman–Crippen MR) is 69.2 cm³/mol. The first-order chi connectivity index (χ1) is 8.36. The minimum atomic E-state index is 0.292. The number of ether oxygens (including phenoxy) is 1. The van der Waals surface area contributed by atoms with E-state index in [9.17, 15) is 0 Å². The Morgan fingerprint density at radius 2 is 2.00 bits per heavy atom. The van der Waals surface area contributed by atoms with Crippen LogP contribution in [-0.2, 0) is 4.74 Å². The van der Waals surface area contributed by atoms with Gasteiger partial charge in [-0.2, -0.15) is 0 Å². The van der Waals surface area contributed by atoms with Gasteiger partial charge in [-0.3, -0.25) is 0 Å². The Morgan fingerprint density at radius 3 is 2.76 bits per heavy atom. The topological polar surface area (TPSA) is 21.3 Å². The van der Waals surface area contributed by atoms with Gasteiger partial charge in [0.2, 0.25) is 0 Å².